The molecule has 0 spiro atoms. The van der Waals surface area contributed by atoms with E-state index in [0.29, 0.717) is 6.54 Å². The summed E-state index contributed by atoms with van der Waals surface area (Å²) in [5.74, 6) is 0.00853. The number of carbonyl (C=O) groups is 1. The van der Waals surface area contributed by atoms with Crippen molar-refractivity contribution in [3.05, 3.63) is 0 Å². The molecule has 1 aliphatic heterocycles. The molecule has 1 aliphatic rings. The number of likely N-dealkylation sites (N-methyl/N-ethyl adjacent to an activating group) is 1. The molecular weight excluding hydrogens is 192 g/mol. The Morgan fingerprint density at radius 3 is 2.47 bits per heavy atom. The lowest BCUT2D eigenvalue weighted by atomic mass is 10.1. The second kappa shape index (κ2) is 6.05. The van der Waals surface area contributed by atoms with E-state index in [-0.39, 0.29) is 11.8 Å². The lowest BCUT2D eigenvalue weighted by Crippen LogP contribution is -2.54. The van der Waals surface area contributed by atoms with E-state index in [9.17, 15) is 4.79 Å². The van der Waals surface area contributed by atoms with Gasteiger partial charge in [-0.2, -0.15) is 0 Å². The lowest BCUT2D eigenvalue weighted by molar-refractivity contribution is -0.130. The first-order valence-electron chi connectivity index (χ1n) is 5.61. The van der Waals surface area contributed by atoms with Crippen LogP contribution in [0.25, 0.3) is 0 Å². The molecule has 0 bridgehead atoms. The van der Waals surface area contributed by atoms with Crippen LogP contribution in [0.2, 0.25) is 0 Å². The molecule has 15 heavy (non-hydrogen) atoms. The molecule has 0 saturated carbocycles. The van der Waals surface area contributed by atoms with E-state index < -0.39 is 0 Å². The Morgan fingerprint density at radius 1 is 1.40 bits per heavy atom. The summed E-state index contributed by atoms with van der Waals surface area (Å²) in [6.45, 7) is 6.20. The Morgan fingerprint density at radius 2 is 2.00 bits per heavy atom. The monoisotopic (exact) mass is 214 g/mol. The van der Waals surface area contributed by atoms with Crippen molar-refractivity contribution in [3.63, 3.8) is 0 Å². The normalized spacial score (nSPS) is 21.3. The molecule has 1 saturated heterocycles. The number of nitrogens with one attached hydrogen (secondary N) is 1. The molecule has 5 nitrogen and oxygen atoms in total. The van der Waals surface area contributed by atoms with Crippen LogP contribution in [0.3, 0.4) is 0 Å². The van der Waals surface area contributed by atoms with E-state index in [1.807, 2.05) is 11.9 Å². The maximum absolute atomic E-state index is 11.7. The van der Waals surface area contributed by atoms with Crippen LogP contribution in [0.15, 0.2) is 0 Å². The van der Waals surface area contributed by atoms with Crippen molar-refractivity contribution >= 4 is 5.91 Å². The Balaban J connectivity index is 2.31. The molecule has 0 aliphatic carbocycles. The average molecular weight is 214 g/mol. The van der Waals surface area contributed by atoms with Crippen LogP contribution < -0.4 is 11.2 Å². The van der Waals surface area contributed by atoms with Crippen LogP contribution in [0.5, 0.6) is 0 Å². The molecule has 88 valence electrons. The predicted octanol–water partition coefficient (Wildman–Crippen LogP) is -0.750. The first-order chi connectivity index (χ1) is 7.17. The summed E-state index contributed by atoms with van der Waals surface area (Å²) in [6.07, 6.45) is 0.802. The van der Waals surface area contributed by atoms with E-state index in [0.717, 1.165) is 32.6 Å². The highest BCUT2D eigenvalue weighted by molar-refractivity contribution is 5.78. The highest BCUT2D eigenvalue weighted by atomic mass is 16.2. The van der Waals surface area contributed by atoms with Gasteiger partial charge in [-0.3, -0.25) is 10.2 Å². The van der Waals surface area contributed by atoms with E-state index in [1.165, 1.54) is 0 Å². The van der Waals surface area contributed by atoms with Crippen molar-refractivity contribution in [1.82, 2.24) is 15.3 Å². The SMILES string of the molecule is CCC(CN)C(=O)NN1CCN(C)CC1. The first-order valence-corrected chi connectivity index (χ1v) is 5.61. The number of nitrogens with two attached hydrogens (primary N) is 1. The number of piperazine rings is 1. The maximum atomic E-state index is 11.7. The van der Waals surface area contributed by atoms with Crippen LogP contribution in [0.1, 0.15) is 13.3 Å². The zero-order valence-electron chi connectivity index (χ0n) is 9.70. The van der Waals surface area contributed by atoms with Crippen LogP contribution in [0, 0.1) is 5.92 Å². The van der Waals surface area contributed by atoms with Crippen molar-refractivity contribution in [1.29, 1.82) is 0 Å². The third-order valence-electron chi connectivity index (χ3n) is 2.92. The molecule has 1 atom stereocenters. The molecule has 1 unspecified atom stereocenters. The number of carbonyl (C=O) groups excluding carboxylic acids is 1. The maximum Gasteiger partial charge on any atom is 0.238 e. The predicted molar refractivity (Wildman–Crippen MR) is 60.0 cm³/mol. The highest BCUT2D eigenvalue weighted by Gasteiger charge is 2.19. The molecule has 0 aromatic carbocycles. The molecule has 3 N–H and O–H groups in total. The number of amides is 1. The van der Waals surface area contributed by atoms with Gasteiger partial charge in [-0.05, 0) is 13.5 Å². The van der Waals surface area contributed by atoms with Gasteiger partial charge in [0.15, 0.2) is 0 Å². The van der Waals surface area contributed by atoms with Crippen molar-refractivity contribution in [3.8, 4) is 0 Å². The number of hydrogen-bond acceptors (Lipinski definition) is 4. The standard InChI is InChI=1S/C10H22N4O/c1-3-9(8-11)10(15)12-14-6-4-13(2)5-7-14/h9H,3-8,11H2,1-2H3,(H,12,15). The van der Waals surface area contributed by atoms with Crippen LogP contribution >= 0.6 is 0 Å². The van der Waals surface area contributed by atoms with E-state index in [2.05, 4.69) is 17.4 Å². The van der Waals surface area contributed by atoms with Crippen molar-refractivity contribution in [2.75, 3.05) is 39.8 Å². The van der Waals surface area contributed by atoms with Gasteiger partial charge in [0, 0.05) is 32.7 Å². The van der Waals surface area contributed by atoms with Gasteiger partial charge in [-0.1, -0.05) is 6.92 Å². The molecule has 0 aromatic rings. The van der Waals surface area contributed by atoms with Gasteiger partial charge >= 0.3 is 0 Å². The van der Waals surface area contributed by atoms with Crippen LogP contribution in [0.4, 0.5) is 0 Å². The Kier molecular flexibility index (Phi) is 5.01. The number of hydrazine groups is 1. The molecule has 1 fully saturated rings. The summed E-state index contributed by atoms with van der Waals surface area (Å²) in [5, 5.41) is 1.99. The van der Waals surface area contributed by atoms with Gasteiger partial charge in [0.1, 0.15) is 0 Å². The second-order valence-corrected chi connectivity index (χ2v) is 4.11. The third-order valence-corrected chi connectivity index (χ3v) is 2.92. The van der Waals surface area contributed by atoms with Gasteiger partial charge in [-0.25, -0.2) is 5.01 Å². The molecule has 0 aromatic heterocycles. The third kappa shape index (κ3) is 3.77. The van der Waals surface area contributed by atoms with Crippen LogP contribution in [-0.4, -0.2) is 55.6 Å². The topological polar surface area (TPSA) is 61.6 Å². The van der Waals surface area contributed by atoms with Gasteiger partial charge < -0.3 is 10.6 Å². The van der Waals surface area contributed by atoms with Crippen molar-refractivity contribution in [2.45, 2.75) is 13.3 Å². The molecule has 5 heteroatoms. The minimum atomic E-state index is -0.0512. The van der Waals surface area contributed by atoms with Crippen molar-refractivity contribution in [2.24, 2.45) is 11.7 Å². The largest absolute Gasteiger partial charge is 0.330 e. The van der Waals surface area contributed by atoms with Gasteiger partial charge in [-0.15, -0.1) is 0 Å². The summed E-state index contributed by atoms with van der Waals surface area (Å²) >= 11 is 0. The van der Waals surface area contributed by atoms with E-state index in [1.54, 1.807) is 0 Å². The summed E-state index contributed by atoms with van der Waals surface area (Å²) in [6, 6.07) is 0. The quantitative estimate of drug-likeness (QED) is 0.646. The fourth-order valence-corrected chi connectivity index (χ4v) is 1.62. The van der Waals surface area contributed by atoms with Gasteiger partial charge in [0.2, 0.25) is 5.91 Å². The minimum absolute atomic E-state index is 0.0512. The summed E-state index contributed by atoms with van der Waals surface area (Å²) in [7, 11) is 2.09. The van der Waals surface area contributed by atoms with Crippen LogP contribution in [-0.2, 0) is 4.79 Å². The minimum Gasteiger partial charge on any atom is -0.330 e. The molecule has 1 amide bonds. The van der Waals surface area contributed by atoms with Gasteiger partial charge in [0.05, 0.1) is 5.92 Å². The molecule has 0 radical (unpaired) electrons. The van der Waals surface area contributed by atoms with Gasteiger partial charge in [0.25, 0.3) is 0 Å². The van der Waals surface area contributed by atoms with E-state index >= 15 is 0 Å². The first kappa shape index (κ1) is 12.4. The lowest BCUT2D eigenvalue weighted by Gasteiger charge is -2.33. The fraction of sp³-hybridized carbons (Fsp3) is 0.900. The molecular formula is C10H22N4O. The zero-order valence-corrected chi connectivity index (χ0v) is 9.70. The Labute approximate surface area is 91.6 Å². The number of nitrogens with zero attached hydrogens (tertiary/aromatic N) is 2. The molecule has 1 heterocycles. The summed E-state index contributed by atoms with van der Waals surface area (Å²) in [4.78, 5) is 14.0. The summed E-state index contributed by atoms with van der Waals surface area (Å²) < 4.78 is 0. The smallest absolute Gasteiger partial charge is 0.238 e. The Hall–Kier alpha value is -0.650. The molecule has 1 rings (SSSR count). The summed E-state index contributed by atoms with van der Waals surface area (Å²) in [5.41, 5.74) is 8.45. The average Bonchev–Trinajstić information content (AvgIpc) is 2.23. The van der Waals surface area contributed by atoms with Crippen molar-refractivity contribution < 1.29 is 4.79 Å². The number of hydrogen-bond donors (Lipinski definition) is 2. The fourth-order valence-electron chi connectivity index (χ4n) is 1.62. The number of rotatable bonds is 4. The van der Waals surface area contributed by atoms with E-state index in [4.69, 9.17) is 5.73 Å². The Bertz CT molecular complexity index is 198. The second-order valence-electron chi connectivity index (χ2n) is 4.11. The zero-order chi connectivity index (χ0) is 11.3. The highest BCUT2D eigenvalue weighted by Crippen LogP contribution is 2.02.